The van der Waals surface area contributed by atoms with Gasteiger partial charge in [0.15, 0.2) is 11.3 Å². The number of fused-ring (bicyclic) bond motifs is 2. The lowest BCUT2D eigenvalue weighted by Crippen LogP contribution is -2.41. The highest BCUT2D eigenvalue weighted by Crippen LogP contribution is 2.15. The zero-order chi connectivity index (χ0) is 24.0. The highest BCUT2D eigenvalue weighted by molar-refractivity contribution is 5.88. The number of nitrogens with zero attached hydrogens (tertiary/aromatic N) is 5. The zero-order valence-corrected chi connectivity index (χ0v) is 18.6. The van der Waals surface area contributed by atoms with E-state index in [1.165, 1.54) is 29.3 Å². The van der Waals surface area contributed by atoms with Gasteiger partial charge in [-0.1, -0.05) is 60.7 Å². The van der Waals surface area contributed by atoms with E-state index >= 15 is 0 Å². The van der Waals surface area contributed by atoms with Gasteiger partial charge in [0.05, 0.1) is 23.9 Å². The second kappa shape index (κ2) is 8.11. The van der Waals surface area contributed by atoms with Crippen molar-refractivity contribution in [2.45, 2.75) is 13.1 Å². The zero-order valence-electron chi connectivity index (χ0n) is 18.6. The van der Waals surface area contributed by atoms with E-state index in [1.54, 1.807) is 0 Å². The highest BCUT2D eigenvalue weighted by atomic mass is 16.2. The van der Waals surface area contributed by atoms with Gasteiger partial charge in [-0.2, -0.15) is 0 Å². The summed E-state index contributed by atoms with van der Waals surface area (Å²) in [5, 5.41) is 0.264. The molecular formula is C25H21N5O4. The second-order valence-corrected chi connectivity index (χ2v) is 8.17. The Hall–Kier alpha value is -4.53. The third kappa shape index (κ3) is 3.38. The first-order chi connectivity index (χ1) is 16.4. The molecule has 3 aromatic heterocycles. The van der Waals surface area contributed by atoms with Crippen LogP contribution in [0.15, 0.2) is 85.9 Å². The standard InChI is InChI=1S/C25H21N5O4/c1-27-22(31)18-13-19-21(26-20(18)29(24(27)33)14-16-9-5-3-6-10-16)30(25(34)28(2)23(19)32)15-17-11-7-4-8-12-17/h3-13H,14-15H2,1-2H3. The lowest BCUT2D eigenvalue weighted by molar-refractivity contribution is 0.657. The maximum absolute atomic E-state index is 13.1. The molecule has 0 aliphatic rings. The third-order valence-corrected chi connectivity index (χ3v) is 5.97. The first-order valence-electron chi connectivity index (χ1n) is 10.7. The Labute approximate surface area is 192 Å². The van der Waals surface area contributed by atoms with E-state index in [1.807, 2.05) is 60.7 Å². The van der Waals surface area contributed by atoms with Crippen LogP contribution in [-0.4, -0.2) is 23.3 Å². The Balaban J connectivity index is 1.89. The highest BCUT2D eigenvalue weighted by Gasteiger charge is 2.19. The summed E-state index contributed by atoms with van der Waals surface area (Å²) >= 11 is 0. The van der Waals surface area contributed by atoms with E-state index in [4.69, 9.17) is 0 Å². The van der Waals surface area contributed by atoms with Crippen molar-refractivity contribution >= 4 is 22.1 Å². The van der Waals surface area contributed by atoms with Crippen molar-refractivity contribution in [2.24, 2.45) is 14.1 Å². The Morgan fingerprint density at radius 2 is 1.00 bits per heavy atom. The quantitative estimate of drug-likeness (QED) is 0.379. The monoisotopic (exact) mass is 455 g/mol. The minimum Gasteiger partial charge on any atom is -0.273 e. The number of rotatable bonds is 4. The fraction of sp³-hybridized carbons (Fsp3) is 0.160. The summed E-state index contributed by atoms with van der Waals surface area (Å²) in [6, 6.07) is 20.1. The first-order valence-corrected chi connectivity index (χ1v) is 10.7. The molecular weight excluding hydrogens is 434 g/mol. The first kappa shape index (κ1) is 21.3. The predicted molar refractivity (Wildman–Crippen MR) is 129 cm³/mol. The average Bonchev–Trinajstić information content (AvgIpc) is 2.87. The van der Waals surface area contributed by atoms with E-state index in [0.29, 0.717) is 0 Å². The van der Waals surface area contributed by atoms with Gasteiger partial charge >= 0.3 is 11.4 Å². The van der Waals surface area contributed by atoms with Gasteiger partial charge in [0, 0.05) is 14.1 Å². The maximum Gasteiger partial charge on any atom is 0.332 e. The van der Waals surface area contributed by atoms with Crippen LogP contribution in [0.5, 0.6) is 0 Å². The Kier molecular flexibility index (Phi) is 5.09. The number of hydrogen-bond donors (Lipinski definition) is 0. The number of aromatic nitrogens is 5. The van der Waals surface area contributed by atoms with Gasteiger partial charge in [0.1, 0.15) is 0 Å². The minimum atomic E-state index is -0.554. The molecule has 9 nitrogen and oxygen atoms in total. The van der Waals surface area contributed by atoms with Crippen molar-refractivity contribution < 1.29 is 0 Å². The van der Waals surface area contributed by atoms with E-state index in [-0.39, 0.29) is 35.2 Å². The molecule has 5 aromatic rings. The Morgan fingerprint density at radius 1 is 0.618 bits per heavy atom. The fourth-order valence-electron chi connectivity index (χ4n) is 4.12. The van der Waals surface area contributed by atoms with E-state index < -0.39 is 22.5 Å². The van der Waals surface area contributed by atoms with Gasteiger partial charge in [0.25, 0.3) is 11.1 Å². The molecule has 5 rings (SSSR count). The van der Waals surface area contributed by atoms with Crippen molar-refractivity contribution in [2.75, 3.05) is 0 Å². The molecule has 0 unspecified atom stereocenters. The SMILES string of the molecule is Cn1c(=O)c2cc3c(=O)n(C)c(=O)n(Cc4ccccc4)c3nc2n(Cc2ccccc2)c1=O. The number of pyridine rings is 1. The van der Waals surface area contributed by atoms with Crippen LogP contribution < -0.4 is 22.5 Å². The normalized spacial score (nSPS) is 11.4. The van der Waals surface area contributed by atoms with Crippen LogP contribution in [-0.2, 0) is 27.2 Å². The van der Waals surface area contributed by atoms with Gasteiger partial charge in [-0.3, -0.25) is 27.9 Å². The van der Waals surface area contributed by atoms with Crippen molar-refractivity contribution in [3.63, 3.8) is 0 Å². The van der Waals surface area contributed by atoms with Crippen molar-refractivity contribution in [1.29, 1.82) is 0 Å². The molecule has 0 amide bonds. The van der Waals surface area contributed by atoms with Crippen molar-refractivity contribution in [3.05, 3.63) is 120 Å². The number of hydrogen-bond acceptors (Lipinski definition) is 5. The molecule has 0 saturated carbocycles. The molecule has 0 aliphatic carbocycles. The van der Waals surface area contributed by atoms with Gasteiger partial charge in [-0.25, -0.2) is 14.6 Å². The molecule has 0 N–H and O–H groups in total. The molecule has 0 spiro atoms. The van der Waals surface area contributed by atoms with Crippen LogP contribution in [0.1, 0.15) is 11.1 Å². The second-order valence-electron chi connectivity index (χ2n) is 8.17. The summed E-state index contributed by atoms with van der Waals surface area (Å²) < 4.78 is 4.78. The fourth-order valence-corrected chi connectivity index (χ4v) is 4.12. The molecule has 34 heavy (non-hydrogen) atoms. The Morgan fingerprint density at radius 3 is 1.38 bits per heavy atom. The Bertz CT molecular complexity index is 1670. The van der Waals surface area contributed by atoms with Crippen LogP contribution in [0, 0.1) is 0 Å². The molecule has 2 aromatic carbocycles. The third-order valence-electron chi connectivity index (χ3n) is 5.97. The van der Waals surface area contributed by atoms with E-state index in [2.05, 4.69) is 4.98 Å². The molecule has 0 saturated heterocycles. The summed E-state index contributed by atoms with van der Waals surface area (Å²) in [5.41, 5.74) is -0.238. The summed E-state index contributed by atoms with van der Waals surface area (Å²) in [6.45, 7) is 0.354. The lowest BCUT2D eigenvalue weighted by Gasteiger charge is -2.15. The van der Waals surface area contributed by atoms with E-state index in [9.17, 15) is 19.2 Å². The summed E-state index contributed by atoms with van der Waals surface area (Å²) in [7, 11) is 2.79. The summed E-state index contributed by atoms with van der Waals surface area (Å²) in [6.07, 6.45) is 0. The molecule has 170 valence electrons. The summed E-state index contributed by atoms with van der Waals surface area (Å²) in [5.74, 6) is 0. The largest absolute Gasteiger partial charge is 0.332 e. The molecule has 0 aliphatic heterocycles. The predicted octanol–water partition coefficient (Wildman–Crippen LogP) is 1.21. The maximum atomic E-state index is 13.1. The van der Waals surface area contributed by atoms with Gasteiger partial charge in [0.2, 0.25) is 0 Å². The molecule has 0 fully saturated rings. The van der Waals surface area contributed by atoms with Crippen molar-refractivity contribution in [3.8, 4) is 0 Å². The smallest absolute Gasteiger partial charge is 0.273 e. The van der Waals surface area contributed by atoms with Crippen LogP contribution in [0.4, 0.5) is 0 Å². The van der Waals surface area contributed by atoms with Gasteiger partial charge in [-0.05, 0) is 17.2 Å². The molecule has 0 atom stereocenters. The van der Waals surface area contributed by atoms with Crippen LogP contribution in [0.2, 0.25) is 0 Å². The molecule has 3 heterocycles. The summed E-state index contributed by atoms with van der Waals surface area (Å²) in [4.78, 5) is 56.7. The molecule has 9 heteroatoms. The van der Waals surface area contributed by atoms with E-state index in [0.717, 1.165) is 20.3 Å². The minimum absolute atomic E-state index is 0.124. The lowest BCUT2D eigenvalue weighted by atomic mass is 10.2. The average molecular weight is 455 g/mol. The molecule has 0 bridgehead atoms. The topological polar surface area (TPSA) is 101 Å². The van der Waals surface area contributed by atoms with Gasteiger partial charge in [-0.15, -0.1) is 0 Å². The molecule has 0 radical (unpaired) electrons. The number of benzene rings is 2. The van der Waals surface area contributed by atoms with Gasteiger partial charge < -0.3 is 0 Å². The van der Waals surface area contributed by atoms with Crippen molar-refractivity contribution in [1.82, 2.24) is 23.3 Å². The van der Waals surface area contributed by atoms with Crippen LogP contribution in [0.3, 0.4) is 0 Å². The van der Waals surface area contributed by atoms with Crippen LogP contribution >= 0.6 is 0 Å². The van der Waals surface area contributed by atoms with Crippen LogP contribution in [0.25, 0.3) is 22.1 Å².